The first kappa shape index (κ1) is 14.0. The van der Waals surface area contributed by atoms with E-state index in [9.17, 15) is 4.79 Å². The number of aromatic amines is 1. The molecule has 0 atom stereocenters. The number of benzene rings is 1. The van der Waals surface area contributed by atoms with Crippen molar-refractivity contribution in [3.8, 4) is 0 Å². The largest absolute Gasteiger partial charge is 0.469 e. The summed E-state index contributed by atoms with van der Waals surface area (Å²) >= 11 is 0. The van der Waals surface area contributed by atoms with Crippen molar-refractivity contribution in [3.63, 3.8) is 0 Å². The molecule has 0 fully saturated rings. The number of rotatable bonds is 4. The minimum absolute atomic E-state index is 0.242. The minimum Gasteiger partial charge on any atom is -0.469 e. The lowest BCUT2D eigenvalue weighted by atomic mass is 10.1. The van der Waals surface area contributed by atoms with E-state index in [0.717, 1.165) is 11.1 Å². The Morgan fingerprint density at radius 3 is 2.95 bits per heavy atom. The van der Waals surface area contributed by atoms with Gasteiger partial charge < -0.3 is 15.5 Å². The van der Waals surface area contributed by atoms with E-state index in [0.29, 0.717) is 29.2 Å². The maximum absolute atomic E-state index is 11.3. The van der Waals surface area contributed by atoms with Gasteiger partial charge in [0.25, 0.3) is 0 Å². The molecular weight excluding hydrogens is 282 g/mol. The predicted octanol–water partition coefficient (Wildman–Crippen LogP) is 1.24. The summed E-state index contributed by atoms with van der Waals surface area (Å²) in [5.74, 6) is 0.700. The lowest BCUT2D eigenvalue weighted by Gasteiger charge is -2.05. The van der Waals surface area contributed by atoms with E-state index >= 15 is 0 Å². The first-order valence-corrected chi connectivity index (χ1v) is 6.76. The number of ether oxygens (including phenoxy) is 1. The molecule has 22 heavy (non-hydrogen) atoms. The average Bonchev–Trinajstić information content (AvgIpc) is 2.96. The van der Waals surface area contributed by atoms with Gasteiger partial charge in [-0.1, -0.05) is 24.3 Å². The summed E-state index contributed by atoms with van der Waals surface area (Å²) in [6.45, 7) is 0. The smallest absolute Gasteiger partial charge is 0.309 e. The number of anilines is 1. The molecule has 0 amide bonds. The fourth-order valence-electron chi connectivity index (χ4n) is 2.25. The molecule has 1 aromatic carbocycles. The number of hydrogen-bond acceptors (Lipinski definition) is 6. The Balaban J connectivity index is 1.85. The molecular formula is C15H15N5O2. The summed E-state index contributed by atoms with van der Waals surface area (Å²) < 4.78 is 4.68. The number of nitrogens with zero attached hydrogens (tertiary/aromatic N) is 3. The predicted molar refractivity (Wildman–Crippen MR) is 81.1 cm³/mol. The Labute approximate surface area is 126 Å². The van der Waals surface area contributed by atoms with Gasteiger partial charge in [0, 0.05) is 6.42 Å². The number of hydrogen-bond donors (Lipinski definition) is 2. The van der Waals surface area contributed by atoms with Crippen molar-refractivity contribution in [1.82, 2.24) is 19.9 Å². The van der Waals surface area contributed by atoms with Crippen LogP contribution in [0.2, 0.25) is 0 Å². The van der Waals surface area contributed by atoms with Gasteiger partial charge in [-0.25, -0.2) is 15.0 Å². The van der Waals surface area contributed by atoms with Crippen LogP contribution in [0.3, 0.4) is 0 Å². The molecule has 0 bridgehead atoms. The zero-order valence-corrected chi connectivity index (χ0v) is 12.0. The molecule has 2 heterocycles. The lowest BCUT2D eigenvalue weighted by molar-refractivity contribution is -0.139. The number of aromatic nitrogens is 4. The van der Waals surface area contributed by atoms with Crippen molar-refractivity contribution < 1.29 is 9.53 Å². The number of nitrogen functional groups attached to an aromatic ring is 1. The van der Waals surface area contributed by atoms with E-state index < -0.39 is 0 Å². The van der Waals surface area contributed by atoms with Crippen molar-refractivity contribution >= 4 is 23.0 Å². The maximum atomic E-state index is 11.3. The second-order valence-electron chi connectivity index (χ2n) is 4.88. The summed E-state index contributed by atoms with van der Waals surface area (Å²) in [7, 11) is 1.38. The van der Waals surface area contributed by atoms with Crippen LogP contribution in [0.25, 0.3) is 11.2 Å². The zero-order chi connectivity index (χ0) is 15.5. The Kier molecular flexibility index (Phi) is 3.69. The van der Waals surface area contributed by atoms with Crippen LogP contribution in [0.5, 0.6) is 0 Å². The molecule has 3 aromatic rings. The third-order valence-corrected chi connectivity index (χ3v) is 3.29. The molecule has 7 nitrogen and oxygen atoms in total. The van der Waals surface area contributed by atoms with Gasteiger partial charge in [0.15, 0.2) is 11.5 Å². The quantitative estimate of drug-likeness (QED) is 0.702. The molecule has 3 rings (SSSR count). The van der Waals surface area contributed by atoms with Gasteiger partial charge >= 0.3 is 5.97 Å². The number of methoxy groups -OCH3 is 1. The Morgan fingerprint density at radius 2 is 2.14 bits per heavy atom. The van der Waals surface area contributed by atoms with E-state index in [2.05, 4.69) is 24.7 Å². The molecule has 2 aromatic heterocycles. The van der Waals surface area contributed by atoms with Gasteiger partial charge in [-0.2, -0.15) is 0 Å². The first-order valence-electron chi connectivity index (χ1n) is 6.76. The number of H-pyrrole nitrogens is 1. The highest BCUT2D eigenvalue weighted by atomic mass is 16.5. The van der Waals surface area contributed by atoms with Gasteiger partial charge in [-0.05, 0) is 11.1 Å². The standard InChI is InChI=1S/C15H15N5O2/c1-22-12(21)7-10-4-2-3-9(5-10)6-11-19-14(16)13-15(20-11)18-8-17-13/h2-5,8H,6-7H2,1H3,(H3,16,17,18,19,20). The molecule has 7 heteroatoms. The van der Waals surface area contributed by atoms with Crippen LogP contribution in [-0.2, 0) is 22.4 Å². The summed E-state index contributed by atoms with van der Waals surface area (Å²) in [6, 6.07) is 7.66. The molecule has 112 valence electrons. The topological polar surface area (TPSA) is 107 Å². The zero-order valence-electron chi connectivity index (χ0n) is 12.0. The van der Waals surface area contributed by atoms with Gasteiger partial charge in [0.1, 0.15) is 11.3 Å². The van der Waals surface area contributed by atoms with E-state index in [4.69, 9.17) is 5.73 Å². The Morgan fingerprint density at radius 1 is 1.32 bits per heavy atom. The lowest BCUT2D eigenvalue weighted by Crippen LogP contribution is -2.05. The van der Waals surface area contributed by atoms with E-state index in [1.807, 2.05) is 24.3 Å². The molecule has 0 saturated heterocycles. The van der Waals surface area contributed by atoms with Crippen LogP contribution in [-0.4, -0.2) is 33.0 Å². The van der Waals surface area contributed by atoms with Crippen molar-refractivity contribution in [1.29, 1.82) is 0 Å². The second kappa shape index (κ2) is 5.80. The monoisotopic (exact) mass is 297 g/mol. The molecule has 0 saturated carbocycles. The number of imidazole rings is 1. The molecule has 0 aliphatic rings. The molecule has 0 spiro atoms. The number of nitrogens with one attached hydrogen (secondary N) is 1. The third kappa shape index (κ3) is 2.88. The average molecular weight is 297 g/mol. The highest BCUT2D eigenvalue weighted by Crippen LogP contribution is 2.16. The number of nitrogens with two attached hydrogens (primary N) is 1. The third-order valence-electron chi connectivity index (χ3n) is 3.29. The maximum Gasteiger partial charge on any atom is 0.309 e. The number of carbonyl (C=O) groups excluding carboxylic acids is 1. The fraction of sp³-hybridized carbons (Fsp3) is 0.200. The van der Waals surface area contributed by atoms with Gasteiger partial charge in [0.2, 0.25) is 0 Å². The SMILES string of the molecule is COC(=O)Cc1cccc(Cc2nc(N)c3[nH]cnc3n2)c1. The molecule has 0 aliphatic heterocycles. The van der Waals surface area contributed by atoms with Crippen LogP contribution in [0, 0.1) is 0 Å². The minimum atomic E-state index is -0.268. The Hall–Kier alpha value is -2.96. The molecule has 0 aliphatic carbocycles. The summed E-state index contributed by atoms with van der Waals surface area (Å²) in [6.07, 6.45) is 2.30. The molecule has 0 radical (unpaired) electrons. The summed E-state index contributed by atoms with van der Waals surface area (Å²) in [4.78, 5) is 27.0. The first-order chi connectivity index (χ1) is 10.7. The van der Waals surface area contributed by atoms with Crippen LogP contribution in [0.1, 0.15) is 17.0 Å². The summed E-state index contributed by atoms with van der Waals surface area (Å²) in [5, 5.41) is 0. The van der Waals surface area contributed by atoms with E-state index in [-0.39, 0.29) is 12.4 Å². The van der Waals surface area contributed by atoms with Crippen LogP contribution in [0.15, 0.2) is 30.6 Å². The van der Waals surface area contributed by atoms with Crippen LogP contribution in [0.4, 0.5) is 5.82 Å². The number of esters is 1. The molecule has 3 N–H and O–H groups in total. The van der Waals surface area contributed by atoms with Gasteiger partial charge in [-0.3, -0.25) is 4.79 Å². The highest BCUT2D eigenvalue weighted by molar-refractivity contribution is 5.80. The second-order valence-corrected chi connectivity index (χ2v) is 4.88. The van der Waals surface area contributed by atoms with Gasteiger partial charge in [0.05, 0.1) is 19.9 Å². The normalized spacial score (nSPS) is 10.8. The fourth-order valence-corrected chi connectivity index (χ4v) is 2.25. The summed E-state index contributed by atoms with van der Waals surface area (Å²) in [5.41, 5.74) is 8.96. The molecule has 0 unspecified atom stereocenters. The number of carbonyl (C=O) groups is 1. The number of fused-ring (bicyclic) bond motifs is 1. The van der Waals surface area contributed by atoms with Crippen molar-refractivity contribution in [2.75, 3.05) is 12.8 Å². The van der Waals surface area contributed by atoms with Crippen molar-refractivity contribution in [2.24, 2.45) is 0 Å². The highest BCUT2D eigenvalue weighted by Gasteiger charge is 2.09. The van der Waals surface area contributed by atoms with Gasteiger partial charge in [-0.15, -0.1) is 0 Å². The van der Waals surface area contributed by atoms with Crippen molar-refractivity contribution in [2.45, 2.75) is 12.8 Å². The van der Waals surface area contributed by atoms with E-state index in [1.165, 1.54) is 13.4 Å². The van der Waals surface area contributed by atoms with Crippen molar-refractivity contribution in [3.05, 3.63) is 47.5 Å². The van der Waals surface area contributed by atoms with Crippen LogP contribution < -0.4 is 5.73 Å². The Bertz CT molecular complexity index is 828. The van der Waals surface area contributed by atoms with E-state index in [1.54, 1.807) is 0 Å². The van der Waals surface area contributed by atoms with Crippen LogP contribution >= 0.6 is 0 Å².